The second kappa shape index (κ2) is 7.67. The monoisotopic (exact) mass is 203 g/mol. The van der Waals surface area contributed by atoms with Crippen LogP contribution in [0.15, 0.2) is 4.90 Å². The molecule has 0 bridgehead atoms. The molecule has 0 aromatic carbocycles. The first kappa shape index (κ1) is 12.0. The first-order valence-corrected chi connectivity index (χ1v) is 4.89. The summed E-state index contributed by atoms with van der Waals surface area (Å²) in [6.07, 6.45) is 0. The van der Waals surface area contributed by atoms with Crippen LogP contribution in [0, 0.1) is 0 Å². The van der Waals surface area contributed by atoms with E-state index in [-0.39, 0.29) is 12.5 Å². The summed E-state index contributed by atoms with van der Waals surface area (Å²) in [4.78, 5) is 16.1. The summed E-state index contributed by atoms with van der Waals surface area (Å²) in [6.45, 7) is 1.29. The van der Waals surface area contributed by atoms with Gasteiger partial charge in [-0.05, 0) is 0 Å². The minimum atomic E-state index is -0.0689. The van der Waals surface area contributed by atoms with Crippen LogP contribution in [0.3, 0.4) is 0 Å². The number of thiol groups is 2. The summed E-state index contributed by atoms with van der Waals surface area (Å²) in [5.74, 6) is 1.22. The third-order valence-corrected chi connectivity index (χ3v) is 1.72. The zero-order chi connectivity index (χ0) is 9.40. The summed E-state index contributed by atoms with van der Waals surface area (Å²) in [7, 11) is 4.90. The molecular formula is C6H12BN2OS2. The van der Waals surface area contributed by atoms with Gasteiger partial charge in [0.05, 0.1) is 0 Å². The van der Waals surface area contributed by atoms with Crippen molar-refractivity contribution in [3.63, 3.8) is 0 Å². The van der Waals surface area contributed by atoms with Gasteiger partial charge in [0.1, 0.15) is 0 Å². The van der Waals surface area contributed by atoms with Crippen LogP contribution < -0.4 is 0 Å². The molecule has 67 valence electrons. The van der Waals surface area contributed by atoms with Crippen molar-refractivity contribution < 1.29 is 4.79 Å². The fraction of sp³-hybridized carbons (Fsp3) is 0.833. The predicted octanol–water partition coefficient (Wildman–Crippen LogP) is 0.0267. The Morgan fingerprint density at radius 2 is 1.83 bits per heavy atom. The molecule has 0 saturated carbocycles. The summed E-state index contributed by atoms with van der Waals surface area (Å²) in [5.41, 5.74) is 0. The molecule has 0 spiro atoms. The maximum absolute atomic E-state index is 11.2. The van der Waals surface area contributed by atoms with Crippen LogP contribution in [-0.4, -0.2) is 49.6 Å². The molecule has 0 fully saturated rings. The van der Waals surface area contributed by atoms with Crippen LogP contribution in [0.5, 0.6) is 0 Å². The number of carbonyl (C=O) groups excluding carboxylic acids is 1. The van der Waals surface area contributed by atoms with Gasteiger partial charge in [-0.2, -0.15) is 0 Å². The van der Waals surface area contributed by atoms with Gasteiger partial charge in [-0.25, -0.2) is 0 Å². The zero-order valence-electron chi connectivity index (χ0n) is 6.81. The van der Waals surface area contributed by atoms with Crippen LogP contribution in [0.25, 0.3) is 0 Å². The number of carbonyl (C=O) groups is 1. The Morgan fingerprint density at radius 3 is 2.17 bits per heavy atom. The quantitative estimate of drug-likeness (QED) is 0.463. The summed E-state index contributed by atoms with van der Waals surface area (Å²) >= 11 is 8.07. The molecule has 6 heteroatoms. The molecular weight excluding hydrogens is 191 g/mol. The molecule has 0 heterocycles. The molecule has 0 aromatic rings. The van der Waals surface area contributed by atoms with Crippen LogP contribution >= 0.6 is 25.3 Å². The Labute approximate surface area is 84.8 Å². The van der Waals surface area contributed by atoms with Gasteiger partial charge in [0.15, 0.2) is 0 Å². The Kier molecular flexibility index (Phi) is 7.69. The third-order valence-electron chi connectivity index (χ3n) is 1.32. The van der Waals surface area contributed by atoms with Gasteiger partial charge in [0.2, 0.25) is 0 Å². The first-order valence-electron chi connectivity index (χ1n) is 3.62. The number of nitrogens with zero attached hydrogens (tertiary/aromatic N) is 2. The van der Waals surface area contributed by atoms with Crippen molar-refractivity contribution >= 4 is 38.8 Å². The van der Waals surface area contributed by atoms with Crippen molar-refractivity contribution in [1.82, 2.24) is 4.90 Å². The van der Waals surface area contributed by atoms with Crippen molar-refractivity contribution in [2.75, 3.05) is 31.1 Å². The van der Waals surface area contributed by atoms with E-state index in [2.05, 4.69) is 30.2 Å². The third kappa shape index (κ3) is 4.82. The van der Waals surface area contributed by atoms with E-state index in [1.165, 1.54) is 0 Å². The SMILES string of the molecule is [B]=NCC(=O)N(CCS)CCS. The summed E-state index contributed by atoms with van der Waals surface area (Å²) < 4.78 is 0. The molecule has 0 aromatic heterocycles. The van der Waals surface area contributed by atoms with Gasteiger partial charge in [0.25, 0.3) is 0 Å². The molecule has 0 aliphatic heterocycles. The molecule has 1 amide bonds. The van der Waals surface area contributed by atoms with E-state index in [4.69, 9.17) is 7.64 Å². The van der Waals surface area contributed by atoms with Gasteiger partial charge >= 0.3 is 84.5 Å². The van der Waals surface area contributed by atoms with Crippen molar-refractivity contribution in [1.29, 1.82) is 0 Å². The van der Waals surface area contributed by atoms with E-state index in [1.807, 2.05) is 0 Å². The average molecular weight is 203 g/mol. The van der Waals surface area contributed by atoms with E-state index in [9.17, 15) is 4.79 Å². The van der Waals surface area contributed by atoms with Gasteiger partial charge < -0.3 is 0 Å². The van der Waals surface area contributed by atoms with Crippen molar-refractivity contribution in [2.24, 2.45) is 4.90 Å². The molecule has 0 N–H and O–H groups in total. The molecule has 1 radical (unpaired) electrons. The normalized spacial score (nSPS) is 9.42. The number of hydrogen-bond donors (Lipinski definition) is 2. The topological polar surface area (TPSA) is 32.7 Å². The minimum absolute atomic E-state index is 0.0432. The second-order valence-electron chi connectivity index (χ2n) is 2.17. The van der Waals surface area contributed by atoms with Gasteiger partial charge in [-0.1, -0.05) is 0 Å². The average Bonchev–Trinajstić information content (AvgIpc) is 2.04. The van der Waals surface area contributed by atoms with Crippen molar-refractivity contribution in [3.8, 4) is 0 Å². The standard InChI is InChI=1S/C6H12BN2OS2/c7-8-5-6(10)9(1-3-11)2-4-12/h11-12H,1-5H2. The first-order chi connectivity index (χ1) is 5.76. The van der Waals surface area contributed by atoms with Crippen LogP contribution in [0.2, 0.25) is 0 Å². The fourth-order valence-corrected chi connectivity index (χ4v) is 1.26. The van der Waals surface area contributed by atoms with E-state index < -0.39 is 0 Å². The van der Waals surface area contributed by atoms with Gasteiger partial charge in [-0.15, -0.1) is 0 Å². The summed E-state index contributed by atoms with van der Waals surface area (Å²) in [5, 5.41) is 0. The molecule has 0 unspecified atom stereocenters. The Morgan fingerprint density at radius 1 is 1.33 bits per heavy atom. The van der Waals surface area contributed by atoms with Crippen molar-refractivity contribution in [2.45, 2.75) is 0 Å². The molecule has 0 aliphatic carbocycles. The van der Waals surface area contributed by atoms with Crippen LogP contribution in [-0.2, 0) is 4.79 Å². The molecule has 0 saturated heterocycles. The Bertz CT molecular complexity index is 150. The second-order valence-corrected chi connectivity index (χ2v) is 3.06. The number of amides is 1. The number of rotatable bonds is 6. The van der Waals surface area contributed by atoms with E-state index >= 15 is 0 Å². The molecule has 0 rings (SSSR count). The molecule has 0 atom stereocenters. The van der Waals surface area contributed by atoms with E-state index in [1.54, 1.807) is 4.90 Å². The predicted molar refractivity (Wildman–Crippen MR) is 57.3 cm³/mol. The molecule has 3 nitrogen and oxygen atoms in total. The molecule has 12 heavy (non-hydrogen) atoms. The van der Waals surface area contributed by atoms with E-state index in [0.29, 0.717) is 24.6 Å². The van der Waals surface area contributed by atoms with E-state index in [0.717, 1.165) is 0 Å². The fourth-order valence-electron chi connectivity index (χ4n) is 0.781. The van der Waals surface area contributed by atoms with Crippen LogP contribution in [0.1, 0.15) is 0 Å². The zero-order valence-corrected chi connectivity index (χ0v) is 8.60. The van der Waals surface area contributed by atoms with Gasteiger partial charge in [-0.3, -0.25) is 0 Å². The molecule has 0 aliphatic rings. The van der Waals surface area contributed by atoms with Crippen molar-refractivity contribution in [3.05, 3.63) is 0 Å². The maximum atomic E-state index is 11.2. The summed E-state index contributed by atoms with van der Waals surface area (Å²) in [6, 6.07) is 0. The number of hydrogen-bond acceptors (Lipinski definition) is 4. The van der Waals surface area contributed by atoms with Crippen LogP contribution in [0.4, 0.5) is 0 Å². The van der Waals surface area contributed by atoms with Gasteiger partial charge in [0, 0.05) is 0 Å². The Hall–Kier alpha value is 0.0349. The Balaban J connectivity index is 3.89.